The molecule has 1 amide bonds. The van der Waals surface area contributed by atoms with Gasteiger partial charge in [-0.3, -0.25) is 9.80 Å². The molecule has 4 saturated heterocycles. The Morgan fingerprint density at radius 3 is 1.43 bits per heavy atom. The van der Waals surface area contributed by atoms with Gasteiger partial charge in [-0.05, 0) is 58.6 Å². The van der Waals surface area contributed by atoms with Crippen LogP contribution in [-0.2, 0) is 17.8 Å². The molecule has 4 heterocycles. The summed E-state index contributed by atoms with van der Waals surface area (Å²) in [6, 6.07) is 10.3. The zero-order valence-corrected chi connectivity index (χ0v) is 30.8. The van der Waals surface area contributed by atoms with Gasteiger partial charge in [0.2, 0.25) is 0 Å². The normalized spacial score (nSPS) is 19.2. The second kappa shape index (κ2) is 17.7. The van der Waals surface area contributed by atoms with Gasteiger partial charge in [0, 0.05) is 126 Å². The average molecular weight is 759 g/mol. The molecular weight excluding hydrogens is 706 g/mol. The van der Waals surface area contributed by atoms with Crippen molar-refractivity contribution in [3.8, 4) is 11.5 Å². The average Bonchev–Trinajstić information content (AvgIpc) is 3.81. The Morgan fingerprint density at radius 1 is 0.623 bits per heavy atom. The Morgan fingerprint density at radius 2 is 1.04 bits per heavy atom. The lowest BCUT2D eigenvalue weighted by molar-refractivity contribution is -0.276. The molecule has 53 heavy (non-hydrogen) atoms. The van der Waals surface area contributed by atoms with Gasteiger partial charge in [-0.15, -0.1) is 26.3 Å². The van der Waals surface area contributed by atoms with Crippen molar-refractivity contribution in [2.45, 2.75) is 77.9 Å². The predicted octanol–water partition coefficient (Wildman–Crippen LogP) is 6.83. The number of alkyl halides is 6. The molecule has 4 aliphatic rings. The molecule has 0 spiro atoms. The third kappa shape index (κ3) is 13.0. The fourth-order valence-corrected chi connectivity index (χ4v) is 6.90. The summed E-state index contributed by atoms with van der Waals surface area (Å²) < 4.78 is 91.2. The molecule has 0 saturated carbocycles. The second-order valence-corrected chi connectivity index (χ2v) is 14.8. The molecule has 0 radical (unpaired) electrons. The number of rotatable bonds is 8. The summed E-state index contributed by atoms with van der Waals surface area (Å²) in [5.41, 5.74) is 2.08. The van der Waals surface area contributed by atoms with E-state index < -0.39 is 18.3 Å². The largest absolute Gasteiger partial charge is 0.573 e. The Bertz CT molecular complexity index is 1480. The number of halogens is 6. The first-order valence-corrected chi connectivity index (χ1v) is 18.4. The van der Waals surface area contributed by atoms with E-state index in [-0.39, 0.29) is 17.6 Å². The summed E-state index contributed by atoms with van der Waals surface area (Å²) in [5, 5.41) is 3.24. The maximum absolute atomic E-state index is 13.0. The minimum absolute atomic E-state index is 0.0690. The van der Waals surface area contributed by atoms with Crippen LogP contribution >= 0.6 is 0 Å². The number of amides is 1. The van der Waals surface area contributed by atoms with E-state index in [4.69, 9.17) is 4.74 Å². The molecule has 4 aliphatic heterocycles. The van der Waals surface area contributed by atoms with Gasteiger partial charge < -0.3 is 34.2 Å². The number of hydrogen-bond acceptors (Lipinski definition) is 9. The van der Waals surface area contributed by atoms with Crippen LogP contribution in [0.25, 0.3) is 0 Å². The number of hydrogen-bond donors (Lipinski definition) is 1. The third-order valence-electron chi connectivity index (χ3n) is 9.52. The standard InChI is InChI=1S/C21H30F3N3O3.C16H22F3N3O/c1-20(2,3)30-19(28)27-12-10-25(11-13-27)15-16-6-7-17(26-8-4-5-9-26)14-18(16)29-21(22,23)24;17-16(18,19)23-15-11-14(22-7-1-2-8-22)4-3-13(15)12-21-9-5-20-6-10-21/h6-7,14H,4-5,8-13,15H2,1-3H3;3-4,11,20H,1-2,5-10,12H2. The van der Waals surface area contributed by atoms with Crippen molar-refractivity contribution in [2.75, 3.05) is 88.3 Å². The van der Waals surface area contributed by atoms with E-state index in [1.807, 2.05) is 37.8 Å². The van der Waals surface area contributed by atoms with Crippen molar-refractivity contribution < 1.29 is 45.3 Å². The first-order valence-electron chi connectivity index (χ1n) is 18.4. The minimum Gasteiger partial charge on any atom is -0.444 e. The van der Waals surface area contributed by atoms with E-state index in [9.17, 15) is 31.1 Å². The monoisotopic (exact) mass is 758 g/mol. The molecule has 0 aliphatic carbocycles. The van der Waals surface area contributed by atoms with E-state index in [0.717, 1.165) is 89.4 Å². The number of nitrogens with zero attached hydrogens (tertiary/aromatic N) is 5. The summed E-state index contributed by atoms with van der Waals surface area (Å²) in [7, 11) is 0. The van der Waals surface area contributed by atoms with Crippen molar-refractivity contribution in [3.05, 3.63) is 47.5 Å². The zero-order valence-electron chi connectivity index (χ0n) is 30.8. The lowest BCUT2D eigenvalue weighted by Crippen LogP contribution is -2.49. The van der Waals surface area contributed by atoms with Crippen molar-refractivity contribution in [3.63, 3.8) is 0 Å². The molecule has 0 unspecified atom stereocenters. The number of nitrogens with one attached hydrogen (secondary N) is 1. The molecule has 1 N–H and O–H groups in total. The smallest absolute Gasteiger partial charge is 0.444 e. The molecule has 6 rings (SSSR count). The highest BCUT2D eigenvalue weighted by molar-refractivity contribution is 5.68. The van der Waals surface area contributed by atoms with Crippen molar-refractivity contribution in [2.24, 2.45) is 0 Å². The fourth-order valence-electron chi connectivity index (χ4n) is 6.90. The Balaban J connectivity index is 0.000000211. The summed E-state index contributed by atoms with van der Waals surface area (Å²) in [6.07, 6.45) is -5.53. The number of anilines is 2. The number of piperazine rings is 2. The molecule has 0 atom stereocenters. The Hall–Kier alpha value is -3.63. The quantitative estimate of drug-likeness (QED) is 0.292. The SMILES string of the molecule is CC(C)(C)OC(=O)N1CCN(Cc2ccc(N3CCCC3)cc2OC(F)(F)F)CC1.FC(F)(F)Oc1cc(N2CCCC2)ccc1CN1CCNCC1. The van der Waals surface area contributed by atoms with Crippen LogP contribution in [0.3, 0.4) is 0 Å². The molecule has 4 fully saturated rings. The lowest BCUT2D eigenvalue weighted by Gasteiger charge is -2.35. The highest BCUT2D eigenvalue weighted by Crippen LogP contribution is 2.34. The minimum atomic E-state index is -4.74. The maximum atomic E-state index is 13.0. The summed E-state index contributed by atoms with van der Waals surface area (Å²) in [5.74, 6) is -0.220. The maximum Gasteiger partial charge on any atom is 0.573 e. The Kier molecular flexibility index (Phi) is 13.5. The highest BCUT2D eigenvalue weighted by atomic mass is 19.4. The van der Waals surface area contributed by atoms with E-state index >= 15 is 0 Å². The van der Waals surface area contributed by atoms with E-state index in [1.54, 1.807) is 17.0 Å². The number of benzene rings is 2. The van der Waals surface area contributed by atoms with Gasteiger partial charge in [-0.25, -0.2) is 4.79 Å². The molecule has 2 aromatic carbocycles. The molecule has 0 aromatic heterocycles. The van der Waals surface area contributed by atoms with Crippen molar-refractivity contribution in [1.29, 1.82) is 0 Å². The van der Waals surface area contributed by atoms with Gasteiger partial charge in [0.25, 0.3) is 0 Å². The van der Waals surface area contributed by atoms with Crippen molar-refractivity contribution >= 4 is 17.5 Å². The fraction of sp³-hybridized carbons (Fsp3) is 0.649. The Labute approximate surface area is 307 Å². The van der Waals surface area contributed by atoms with Gasteiger partial charge in [0.15, 0.2) is 0 Å². The van der Waals surface area contributed by atoms with E-state index in [0.29, 0.717) is 50.4 Å². The van der Waals surface area contributed by atoms with Gasteiger partial charge in [-0.2, -0.15) is 0 Å². The van der Waals surface area contributed by atoms with Crippen LogP contribution in [0.15, 0.2) is 36.4 Å². The molecular formula is C37H52F6N6O4. The van der Waals surface area contributed by atoms with E-state index in [2.05, 4.69) is 29.5 Å². The van der Waals surface area contributed by atoms with Crippen LogP contribution in [0.2, 0.25) is 0 Å². The molecule has 0 bridgehead atoms. The number of ether oxygens (including phenoxy) is 3. The van der Waals surface area contributed by atoms with Gasteiger partial charge in [0.1, 0.15) is 17.1 Å². The second-order valence-electron chi connectivity index (χ2n) is 14.8. The van der Waals surface area contributed by atoms with Crippen molar-refractivity contribution in [1.82, 2.24) is 20.0 Å². The third-order valence-corrected chi connectivity index (χ3v) is 9.52. The first-order chi connectivity index (χ1) is 25.0. The van der Waals surface area contributed by atoms with Crippen LogP contribution in [0, 0.1) is 0 Å². The van der Waals surface area contributed by atoms with E-state index in [1.165, 1.54) is 12.1 Å². The highest BCUT2D eigenvalue weighted by Gasteiger charge is 2.34. The molecule has 2 aromatic rings. The van der Waals surface area contributed by atoms with Crippen LogP contribution < -0.4 is 24.6 Å². The lowest BCUT2D eigenvalue weighted by atomic mass is 10.1. The summed E-state index contributed by atoms with van der Waals surface area (Å²) in [4.78, 5) is 22.2. The van der Waals surface area contributed by atoms with Crippen LogP contribution in [0.1, 0.15) is 57.6 Å². The van der Waals surface area contributed by atoms with Gasteiger partial charge in [0.05, 0.1) is 0 Å². The predicted molar refractivity (Wildman–Crippen MR) is 190 cm³/mol. The summed E-state index contributed by atoms with van der Waals surface area (Å²) in [6.45, 7) is 15.2. The van der Waals surface area contributed by atoms with Crippen LogP contribution in [0.5, 0.6) is 11.5 Å². The summed E-state index contributed by atoms with van der Waals surface area (Å²) >= 11 is 0. The van der Waals surface area contributed by atoms with Crippen LogP contribution in [-0.4, -0.2) is 118 Å². The van der Waals surface area contributed by atoms with Gasteiger partial charge >= 0.3 is 18.8 Å². The number of carbonyl (C=O) groups excluding carboxylic acids is 1. The molecule has 10 nitrogen and oxygen atoms in total. The van der Waals surface area contributed by atoms with Crippen LogP contribution in [0.4, 0.5) is 42.5 Å². The molecule has 296 valence electrons. The zero-order chi connectivity index (χ0) is 38.2. The molecule has 16 heteroatoms. The topological polar surface area (TPSA) is 73.0 Å². The first kappa shape index (κ1) is 40.6. The van der Waals surface area contributed by atoms with Gasteiger partial charge in [-0.1, -0.05) is 12.1 Å². The number of carbonyl (C=O) groups is 1.